The molecule has 1 aromatic rings. The van der Waals surface area contributed by atoms with Gasteiger partial charge in [-0.2, -0.15) is 4.31 Å². The summed E-state index contributed by atoms with van der Waals surface area (Å²) in [6, 6.07) is 2.25. The lowest BCUT2D eigenvalue weighted by Gasteiger charge is -2.21. The van der Waals surface area contributed by atoms with Gasteiger partial charge in [0.05, 0.1) is 13.2 Å². The number of hydrogen-bond acceptors (Lipinski definition) is 4. The Bertz CT molecular complexity index is 580. The fourth-order valence-corrected chi connectivity index (χ4v) is 3.69. The van der Waals surface area contributed by atoms with Crippen LogP contribution in [0.15, 0.2) is 17.0 Å². The van der Waals surface area contributed by atoms with E-state index < -0.39 is 27.3 Å². The standard InChI is InChI=1S/C13H19ClFNO4S/c1-3-16(5-6-20-4-2)21(18,19)12-8-11(14)7-10(9-17)13(12)15/h7-8,17H,3-6,9H2,1-2H3. The Hall–Kier alpha value is -0.730. The molecule has 0 aliphatic rings. The molecule has 0 amide bonds. The molecule has 1 N–H and O–H groups in total. The van der Waals surface area contributed by atoms with E-state index in [1.165, 1.54) is 6.07 Å². The van der Waals surface area contributed by atoms with Gasteiger partial charge in [-0.3, -0.25) is 0 Å². The van der Waals surface area contributed by atoms with Crippen LogP contribution >= 0.6 is 11.6 Å². The van der Waals surface area contributed by atoms with Crippen molar-refractivity contribution in [3.8, 4) is 0 Å². The van der Waals surface area contributed by atoms with Crippen LogP contribution < -0.4 is 0 Å². The van der Waals surface area contributed by atoms with Crippen molar-refractivity contribution < 1.29 is 22.7 Å². The molecule has 0 aliphatic carbocycles. The molecule has 0 bridgehead atoms. The number of aliphatic hydroxyl groups is 1. The Morgan fingerprint density at radius 1 is 1.38 bits per heavy atom. The summed E-state index contributed by atoms with van der Waals surface area (Å²) >= 11 is 5.80. The summed E-state index contributed by atoms with van der Waals surface area (Å²) in [4.78, 5) is -0.530. The number of ether oxygens (including phenoxy) is 1. The average molecular weight is 340 g/mol. The van der Waals surface area contributed by atoms with Gasteiger partial charge in [0.2, 0.25) is 10.0 Å². The number of benzene rings is 1. The highest BCUT2D eigenvalue weighted by molar-refractivity contribution is 7.89. The number of nitrogens with zero attached hydrogens (tertiary/aromatic N) is 1. The second-order valence-corrected chi connectivity index (χ2v) is 6.57. The SMILES string of the molecule is CCOCCN(CC)S(=O)(=O)c1cc(Cl)cc(CO)c1F. The molecule has 5 nitrogen and oxygen atoms in total. The molecule has 0 fully saturated rings. The second-order valence-electron chi connectivity index (χ2n) is 4.23. The summed E-state index contributed by atoms with van der Waals surface area (Å²) in [6.45, 7) is 3.81. The third-order valence-corrected chi connectivity index (χ3v) is 5.10. The van der Waals surface area contributed by atoms with Crippen LogP contribution in [-0.2, 0) is 21.4 Å². The first-order valence-electron chi connectivity index (χ1n) is 6.55. The van der Waals surface area contributed by atoms with Gasteiger partial charge in [0.15, 0.2) is 0 Å². The highest BCUT2D eigenvalue weighted by Crippen LogP contribution is 2.26. The monoisotopic (exact) mass is 339 g/mol. The van der Waals surface area contributed by atoms with E-state index >= 15 is 0 Å². The second kappa shape index (κ2) is 8.05. The number of rotatable bonds is 8. The van der Waals surface area contributed by atoms with Crippen LogP contribution in [0.2, 0.25) is 5.02 Å². The van der Waals surface area contributed by atoms with E-state index in [-0.39, 0.29) is 30.3 Å². The largest absolute Gasteiger partial charge is 0.392 e. The normalized spacial score (nSPS) is 12.1. The highest BCUT2D eigenvalue weighted by Gasteiger charge is 2.28. The minimum absolute atomic E-state index is 0.0555. The van der Waals surface area contributed by atoms with Crippen molar-refractivity contribution in [1.29, 1.82) is 0 Å². The molecule has 0 unspecified atom stereocenters. The van der Waals surface area contributed by atoms with Crippen molar-refractivity contribution >= 4 is 21.6 Å². The molecule has 0 saturated heterocycles. The minimum atomic E-state index is -4.03. The molecule has 1 rings (SSSR count). The fourth-order valence-electron chi connectivity index (χ4n) is 1.82. The molecule has 0 atom stereocenters. The van der Waals surface area contributed by atoms with Gasteiger partial charge in [0.1, 0.15) is 10.7 Å². The number of sulfonamides is 1. The number of likely N-dealkylation sites (N-methyl/N-ethyl adjacent to an activating group) is 1. The van der Waals surface area contributed by atoms with Crippen LogP contribution in [0, 0.1) is 5.82 Å². The molecule has 0 radical (unpaired) electrons. The summed E-state index contributed by atoms with van der Waals surface area (Å²) in [6.07, 6.45) is 0. The lowest BCUT2D eigenvalue weighted by molar-refractivity contribution is 0.135. The predicted molar refractivity (Wildman–Crippen MR) is 78.3 cm³/mol. The Labute approximate surface area is 129 Å². The number of aliphatic hydroxyl groups excluding tert-OH is 1. The van der Waals surface area contributed by atoms with Crippen LogP contribution in [-0.4, -0.2) is 44.1 Å². The van der Waals surface area contributed by atoms with E-state index in [2.05, 4.69) is 0 Å². The van der Waals surface area contributed by atoms with Gasteiger partial charge >= 0.3 is 0 Å². The summed E-state index contributed by atoms with van der Waals surface area (Å²) < 4.78 is 45.4. The molecule has 0 spiro atoms. The van der Waals surface area contributed by atoms with Crippen molar-refractivity contribution in [3.05, 3.63) is 28.5 Å². The van der Waals surface area contributed by atoms with E-state index in [0.717, 1.165) is 10.4 Å². The molecule has 1 aromatic carbocycles. The van der Waals surface area contributed by atoms with E-state index in [1.54, 1.807) is 13.8 Å². The van der Waals surface area contributed by atoms with E-state index in [9.17, 15) is 12.8 Å². The van der Waals surface area contributed by atoms with Crippen LogP contribution in [0.25, 0.3) is 0 Å². The van der Waals surface area contributed by atoms with Crippen molar-refractivity contribution in [2.75, 3.05) is 26.3 Å². The van der Waals surface area contributed by atoms with E-state index in [4.69, 9.17) is 21.4 Å². The van der Waals surface area contributed by atoms with Crippen molar-refractivity contribution in [2.24, 2.45) is 0 Å². The van der Waals surface area contributed by atoms with Gasteiger partial charge in [-0.05, 0) is 19.1 Å². The average Bonchev–Trinajstić information content (AvgIpc) is 2.45. The van der Waals surface area contributed by atoms with Gasteiger partial charge in [-0.1, -0.05) is 18.5 Å². The zero-order valence-corrected chi connectivity index (χ0v) is 13.5. The molecule has 0 aromatic heterocycles. The Kier molecular flexibility index (Phi) is 7.02. The lowest BCUT2D eigenvalue weighted by atomic mass is 10.2. The smallest absolute Gasteiger partial charge is 0.246 e. The van der Waals surface area contributed by atoms with Crippen molar-refractivity contribution in [3.63, 3.8) is 0 Å². The van der Waals surface area contributed by atoms with Gasteiger partial charge < -0.3 is 9.84 Å². The zero-order chi connectivity index (χ0) is 16.0. The van der Waals surface area contributed by atoms with Crippen molar-refractivity contribution in [2.45, 2.75) is 25.3 Å². The van der Waals surface area contributed by atoms with Crippen LogP contribution in [0.5, 0.6) is 0 Å². The topological polar surface area (TPSA) is 66.8 Å². The molecule has 120 valence electrons. The van der Waals surface area contributed by atoms with E-state index in [1.807, 2.05) is 0 Å². The van der Waals surface area contributed by atoms with Gasteiger partial charge in [-0.15, -0.1) is 0 Å². The summed E-state index contributed by atoms with van der Waals surface area (Å²) in [5, 5.41) is 9.13. The molecule has 8 heteroatoms. The maximum absolute atomic E-state index is 14.2. The zero-order valence-electron chi connectivity index (χ0n) is 12.0. The summed E-state index contributed by atoms with van der Waals surface area (Å²) in [5.74, 6) is -0.975. The first-order valence-corrected chi connectivity index (χ1v) is 8.36. The van der Waals surface area contributed by atoms with Crippen LogP contribution in [0.1, 0.15) is 19.4 Å². The molecular weight excluding hydrogens is 321 g/mol. The number of halogens is 2. The van der Waals surface area contributed by atoms with Crippen LogP contribution in [0.3, 0.4) is 0 Å². The van der Waals surface area contributed by atoms with Gasteiger partial charge in [-0.25, -0.2) is 12.8 Å². The van der Waals surface area contributed by atoms with E-state index in [0.29, 0.717) is 6.61 Å². The Morgan fingerprint density at radius 3 is 2.57 bits per heavy atom. The number of hydrogen-bond donors (Lipinski definition) is 1. The minimum Gasteiger partial charge on any atom is -0.392 e. The maximum atomic E-state index is 14.2. The van der Waals surface area contributed by atoms with Gasteiger partial charge in [0, 0.05) is 30.3 Å². The first-order chi connectivity index (χ1) is 9.88. The van der Waals surface area contributed by atoms with Gasteiger partial charge in [0.25, 0.3) is 0 Å². The first kappa shape index (κ1) is 18.3. The van der Waals surface area contributed by atoms with Crippen molar-refractivity contribution in [1.82, 2.24) is 4.31 Å². The molecule has 0 heterocycles. The fraction of sp³-hybridized carbons (Fsp3) is 0.538. The maximum Gasteiger partial charge on any atom is 0.246 e. The Balaban J connectivity index is 3.19. The third kappa shape index (κ3) is 4.37. The quantitative estimate of drug-likeness (QED) is 0.736. The lowest BCUT2D eigenvalue weighted by Crippen LogP contribution is -2.34. The Morgan fingerprint density at radius 2 is 2.05 bits per heavy atom. The molecule has 21 heavy (non-hydrogen) atoms. The van der Waals surface area contributed by atoms with Crippen LogP contribution in [0.4, 0.5) is 4.39 Å². The molecule has 0 aliphatic heterocycles. The predicted octanol–water partition coefficient (Wildman–Crippen LogP) is 2.02. The highest BCUT2D eigenvalue weighted by atomic mass is 35.5. The molecule has 0 saturated carbocycles. The third-order valence-electron chi connectivity index (χ3n) is 2.91. The summed E-state index contributed by atoms with van der Waals surface area (Å²) in [5.41, 5.74) is -0.151. The summed E-state index contributed by atoms with van der Waals surface area (Å²) in [7, 11) is -4.03. The molecular formula is C13H19ClFNO4S.